The van der Waals surface area contributed by atoms with E-state index in [2.05, 4.69) is 4.52 Å². The van der Waals surface area contributed by atoms with Crippen molar-refractivity contribution in [2.75, 3.05) is 0 Å². The molecule has 0 heterocycles. The molecule has 0 aliphatic carbocycles. The van der Waals surface area contributed by atoms with Gasteiger partial charge < -0.3 is 4.52 Å². The van der Waals surface area contributed by atoms with Gasteiger partial charge in [0.1, 0.15) is 0 Å². The van der Waals surface area contributed by atoms with Crippen molar-refractivity contribution in [3.05, 3.63) is 11.6 Å². The van der Waals surface area contributed by atoms with E-state index in [1.165, 1.54) is 0 Å². The van der Waals surface area contributed by atoms with E-state index in [0.29, 0.717) is 12.8 Å². The minimum absolute atomic E-state index is 0.283. The number of phosphoric acid groups is 1. The molecule has 0 amide bonds. The molecule has 2 N–H and O–H groups in total. The molecular weight excluding hydrogens is 195 g/mol. The van der Waals surface area contributed by atoms with Crippen LogP contribution in [0.3, 0.4) is 0 Å². The molecule has 0 saturated heterocycles. The molecule has 0 rings (SSSR count). The smallest absolute Gasteiger partial charge is 0.367 e. The van der Waals surface area contributed by atoms with E-state index in [-0.39, 0.29) is 5.57 Å². The van der Waals surface area contributed by atoms with Crippen LogP contribution in [0.5, 0.6) is 0 Å². The van der Waals surface area contributed by atoms with Crippen LogP contribution in [-0.4, -0.2) is 15.8 Å². The SMILES string of the molecule is CCC=C(CC)C(=O)OP(=O)(O)O. The van der Waals surface area contributed by atoms with Crippen molar-refractivity contribution in [2.24, 2.45) is 0 Å². The highest BCUT2D eigenvalue weighted by Gasteiger charge is 2.21. The average molecular weight is 208 g/mol. The van der Waals surface area contributed by atoms with Gasteiger partial charge in [-0.2, -0.15) is 0 Å². The number of carbonyl (C=O) groups excluding carboxylic acids is 1. The summed E-state index contributed by atoms with van der Waals surface area (Å²) in [5, 5.41) is 0. The molecule has 0 radical (unpaired) electrons. The first kappa shape index (κ1) is 12.4. The van der Waals surface area contributed by atoms with Gasteiger partial charge in [-0.1, -0.05) is 19.9 Å². The van der Waals surface area contributed by atoms with Crippen molar-refractivity contribution in [1.29, 1.82) is 0 Å². The van der Waals surface area contributed by atoms with Crippen LogP contribution >= 0.6 is 7.82 Å². The first-order valence-corrected chi connectivity index (χ1v) is 5.42. The van der Waals surface area contributed by atoms with Crippen molar-refractivity contribution in [2.45, 2.75) is 26.7 Å². The van der Waals surface area contributed by atoms with E-state index in [1.807, 2.05) is 6.92 Å². The topological polar surface area (TPSA) is 83.8 Å². The monoisotopic (exact) mass is 208 g/mol. The zero-order valence-electron chi connectivity index (χ0n) is 7.56. The molecule has 0 unspecified atom stereocenters. The van der Waals surface area contributed by atoms with Crippen LogP contribution in [0.2, 0.25) is 0 Å². The number of hydrogen-bond acceptors (Lipinski definition) is 3. The zero-order valence-corrected chi connectivity index (χ0v) is 8.45. The largest absolute Gasteiger partial charge is 0.527 e. The molecular formula is C7H13O5P. The highest BCUT2D eigenvalue weighted by atomic mass is 31.2. The summed E-state index contributed by atoms with van der Waals surface area (Å²) in [5.74, 6) is -0.947. The Balaban J connectivity index is 4.41. The second-order valence-corrected chi connectivity index (χ2v) is 3.52. The van der Waals surface area contributed by atoms with Gasteiger partial charge >= 0.3 is 13.8 Å². The summed E-state index contributed by atoms with van der Waals surface area (Å²) < 4.78 is 14.2. The Morgan fingerprint density at radius 3 is 2.31 bits per heavy atom. The number of carbonyl (C=O) groups is 1. The Morgan fingerprint density at radius 1 is 1.46 bits per heavy atom. The summed E-state index contributed by atoms with van der Waals surface area (Å²) in [6.45, 7) is 3.53. The minimum Gasteiger partial charge on any atom is -0.367 e. The Labute approximate surface area is 76.7 Å². The lowest BCUT2D eigenvalue weighted by Crippen LogP contribution is -2.05. The molecule has 0 fully saturated rings. The normalized spacial score (nSPS) is 12.8. The predicted molar refractivity (Wildman–Crippen MR) is 46.8 cm³/mol. The molecule has 0 bridgehead atoms. The maximum absolute atomic E-state index is 11.0. The van der Waals surface area contributed by atoms with Crippen LogP contribution in [0, 0.1) is 0 Å². The second kappa shape index (κ2) is 5.17. The van der Waals surface area contributed by atoms with Gasteiger partial charge in [0.15, 0.2) is 0 Å². The maximum Gasteiger partial charge on any atom is 0.527 e. The summed E-state index contributed by atoms with van der Waals surface area (Å²) in [5.41, 5.74) is 0.283. The molecule has 0 aliphatic heterocycles. The van der Waals surface area contributed by atoms with Crippen molar-refractivity contribution in [1.82, 2.24) is 0 Å². The Bertz CT molecular complexity index is 252. The van der Waals surface area contributed by atoms with Crippen molar-refractivity contribution >= 4 is 13.8 Å². The van der Waals surface area contributed by atoms with Gasteiger partial charge in [-0.25, -0.2) is 9.36 Å². The fourth-order valence-corrected chi connectivity index (χ4v) is 1.12. The minimum atomic E-state index is -4.70. The molecule has 5 nitrogen and oxygen atoms in total. The lowest BCUT2D eigenvalue weighted by atomic mass is 10.2. The zero-order chi connectivity index (χ0) is 10.5. The Hall–Kier alpha value is -0.640. The van der Waals surface area contributed by atoms with Gasteiger partial charge in [0.05, 0.1) is 0 Å². The summed E-state index contributed by atoms with van der Waals surface area (Å²) in [4.78, 5) is 27.7. The van der Waals surface area contributed by atoms with E-state index in [4.69, 9.17) is 9.79 Å². The molecule has 6 heteroatoms. The molecule has 0 spiro atoms. The van der Waals surface area contributed by atoms with Gasteiger partial charge in [-0.05, 0) is 12.8 Å². The number of phosphoric ester groups is 1. The molecule has 0 saturated carbocycles. The van der Waals surface area contributed by atoms with E-state index in [1.54, 1.807) is 13.0 Å². The molecule has 0 aromatic carbocycles. The summed E-state index contributed by atoms with van der Waals surface area (Å²) >= 11 is 0. The third kappa shape index (κ3) is 5.58. The standard InChI is InChI=1S/C7H13O5P/c1-3-5-6(4-2)7(8)12-13(9,10)11/h5H,3-4H2,1-2H3,(H2,9,10,11). The van der Waals surface area contributed by atoms with E-state index < -0.39 is 13.8 Å². The molecule has 0 aromatic rings. The molecule has 0 aliphatic rings. The lowest BCUT2D eigenvalue weighted by molar-refractivity contribution is -0.131. The average Bonchev–Trinajstić information content (AvgIpc) is 1.96. The highest BCUT2D eigenvalue weighted by molar-refractivity contribution is 7.46. The maximum atomic E-state index is 11.0. The van der Waals surface area contributed by atoms with Gasteiger partial charge in [0, 0.05) is 5.57 Å². The first-order valence-electron chi connectivity index (χ1n) is 3.89. The van der Waals surface area contributed by atoms with Gasteiger partial charge in [-0.15, -0.1) is 0 Å². The highest BCUT2D eigenvalue weighted by Crippen LogP contribution is 2.37. The van der Waals surface area contributed by atoms with Gasteiger partial charge in [0.2, 0.25) is 0 Å². The lowest BCUT2D eigenvalue weighted by Gasteiger charge is -2.06. The van der Waals surface area contributed by atoms with Crippen LogP contribution in [0.1, 0.15) is 26.7 Å². The van der Waals surface area contributed by atoms with E-state index >= 15 is 0 Å². The summed E-state index contributed by atoms with van der Waals surface area (Å²) in [6.07, 6.45) is 2.60. The third-order valence-electron chi connectivity index (χ3n) is 1.30. The molecule has 0 atom stereocenters. The Kier molecular flexibility index (Phi) is 4.91. The van der Waals surface area contributed by atoms with Crippen LogP contribution in [-0.2, 0) is 13.9 Å². The van der Waals surface area contributed by atoms with Crippen molar-refractivity contribution < 1.29 is 23.7 Å². The molecule has 0 aromatic heterocycles. The fourth-order valence-electron chi connectivity index (χ4n) is 0.785. The second-order valence-electron chi connectivity index (χ2n) is 2.36. The van der Waals surface area contributed by atoms with Crippen LogP contribution in [0.15, 0.2) is 11.6 Å². The van der Waals surface area contributed by atoms with E-state index in [0.717, 1.165) is 0 Å². The van der Waals surface area contributed by atoms with Crippen LogP contribution < -0.4 is 0 Å². The Morgan fingerprint density at radius 2 is 2.00 bits per heavy atom. The molecule has 13 heavy (non-hydrogen) atoms. The number of hydrogen-bond donors (Lipinski definition) is 2. The van der Waals surface area contributed by atoms with Crippen molar-refractivity contribution in [3.8, 4) is 0 Å². The summed E-state index contributed by atoms with van der Waals surface area (Å²) in [6, 6.07) is 0. The number of rotatable bonds is 4. The van der Waals surface area contributed by atoms with Crippen molar-refractivity contribution in [3.63, 3.8) is 0 Å². The predicted octanol–water partition coefficient (Wildman–Crippen LogP) is 1.37. The molecule has 76 valence electrons. The van der Waals surface area contributed by atoms with Crippen LogP contribution in [0.4, 0.5) is 0 Å². The van der Waals surface area contributed by atoms with E-state index in [9.17, 15) is 9.36 Å². The number of allylic oxidation sites excluding steroid dienone is 1. The fraction of sp³-hybridized carbons (Fsp3) is 0.571. The summed E-state index contributed by atoms with van der Waals surface area (Å²) in [7, 11) is -4.70. The van der Waals surface area contributed by atoms with Gasteiger partial charge in [-0.3, -0.25) is 9.79 Å². The van der Waals surface area contributed by atoms with Gasteiger partial charge in [0.25, 0.3) is 0 Å². The quantitative estimate of drug-likeness (QED) is 0.538. The first-order chi connectivity index (χ1) is 5.90. The third-order valence-corrected chi connectivity index (χ3v) is 1.70. The van der Waals surface area contributed by atoms with Crippen LogP contribution in [0.25, 0.3) is 0 Å².